The minimum atomic E-state index is -0.624. The Morgan fingerprint density at radius 3 is 2.27 bits per heavy atom. The summed E-state index contributed by atoms with van der Waals surface area (Å²) < 4.78 is 28.3. The number of rotatable bonds is 16. The minimum absolute atomic E-state index is 0.0568. The van der Waals surface area contributed by atoms with Crippen LogP contribution in [0.1, 0.15) is 116 Å². The fourth-order valence-electron chi connectivity index (χ4n) is 7.06. The van der Waals surface area contributed by atoms with E-state index < -0.39 is 17.0 Å². The van der Waals surface area contributed by atoms with E-state index in [-0.39, 0.29) is 29.9 Å². The third kappa shape index (κ3) is 9.19. The van der Waals surface area contributed by atoms with Crippen LogP contribution in [0.3, 0.4) is 0 Å². The van der Waals surface area contributed by atoms with E-state index in [1.807, 2.05) is 37.8 Å². The van der Waals surface area contributed by atoms with Crippen LogP contribution in [0.4, 0.5) is 8.78 Å². The normalized spacial score (nSPS) is 19.9. The lowest BCUT2D eigenvalue weighted by Gasteiger charge is -2.22. The van der Waals surface area contributed by atoms with Crippen molar-refractivity contribution in [2.75, 3.05) is 32.7 Å². The van der Waals surface area contributed by atoms with Crippen molar-refractivity contribution in [2.24, 2.45) is 11.3 Å². The van der Waals surface area contributed by atoms with Crippen LogP contribution >= 0.6 is 0 Å². The summed E-state index contributed by atoms with van der Waals surface area (Å²) in [6.45, 7) is 10.1. The molecule has 2 atom stereocenters. The molecule has 2 aromatic carbocycles. The van der Waals surface area contributed by atoms with Crippen LogP contribution in [0.25, 0.3) is 0 Å². The van der Waals surface area contributed by atoms with Gasteiger partial charge in [-0.2, -0.15) is 0 Å². The molecule has 4 rings (SSSR count). The van der Waals surface area contributed by atoms with E-state index in [1.54, 1.807) is 6.07 Å². The molecule has 0 aromatic heterocycles. The summed E-state index contributed by atoms with van der Waals surface area (Å²) in [6.07, 6.45) is 7.67. The van der Waals surface area contributed by atoms with Gasteiger partial charge in [-0.3, -0.25) is 14.4 Å². The largest absolute Gasteiger partial charge is 0.356 e. The summed E-state index contributed by atoms with van der Waals surface area (Å²) >= 11 is 0. The predicted molar refractivity (Wildman–Crippen MR) is 169 cm³/mol. The van der Waals surface area contributed by atoms with Crippen molar-refractivity contribution in [1.29, 1.82) is 0 Å². The molecule has 1 heterocycles. The summed E-state index contributed by atoms with van der Waals surface area (Å²) in [4.78, 5) is 41.5. The number of amides is 2. The van der Waals surface area contributed by atoms with Crippen LogP contribution in [0, 0.1) is 29.9 Å². The monoisotopic (exact) mass is 610 g/mol. The molecule has 0 radical (unpaired) electrons. The molecule has 2 unspecified atom stereocenters. The number of hydrogen-bond acceptors (Lipinski definition) is 3. The number of carbonyl (C=O) groups is 3. The molecule has 44 heavy (non-hydrogen) atoms. The number of aryl methyl sites for hydroxylation is 1. The lowest BCUT2D eigenvalue weighted by atomic mass is 9.86. The molecule has 2 aliphatic rings. The summed E-state index contributed by atoms with van der Waals surface area (Å²) in [6, 6.07) is 8.95. The van der Waals surface area contributed by atoms with E-state index in [1.165, 1.54) is 12.1 Å². The maximum absolute atomic E-state index is 14.1. The molecule has 6 nitrogen and oxygen atoms in total. The number of piperidine rings is 1. The van der Waals surface area contributed by atoms with Crippen LogP contribution in [0.2, 0.25) is 0 Å². The fraction of sp³-hybridized carbons (Fsp3) is 0.583. The van der Waals surface area contributed by atoms with Gasteiger partial charge in [0, 0.05) is 49.7 Å². The molecular weight excluding hydrogens is 560 g/mol. The van der Waals surface area contributed by atoms with Gasteiger partial charge in [0.15, 0.2) is 5.78 Å². The summed E-state index contributed by atoms with van der Waals surface area (Å²) in [5.74, 6) is -0.863. The lowest BCUT2D eigenvalue weighted by molar-refractivity contribution is -0.664. The molecule has 3 N–H and O–H groups in total. The van der Waals surface area contributed by atoms with Crippen LogP contribution in [0.5, 0.6) is 0 Å². The number of quaternary nitrogens is 1. The highest BCUT2D eigenvalue weighted by molar-refractivity contribution is 6.01. The second-order valence-corrected chi connectivity index (χ2v) is 13.1. The summed E-state index contributed by atoms with van der Waals surface area (Å²) in [5.41, 5.74) is 1.96. The van der Waals surface area contributed by atoms with Gasteiger partial charge in [0.2, 0.25) is 5.91 Å². The maximum Gasteiger partial charge on any atom is 0.253 e. The van der Waals surface area contributed by atoms with Crippen LogP contribution in [-0.4, -0.2) is 55.2 Å². The van der Waals surface area contributed by atoms with Crippen molar-refractivity contribution >= 4 is 17.6 Å². The number of benzene rings is 2. The minimum Gasteiger partial charge on any atom is -0.356 e. The van der Waals surface area contributed by atoms with Crippen LogP contribution in [-0.2, 0) is 4.79 Å². The maximum atomic E-state index is 14.1. The Hall–Kier alpha value is -3.13. The fourth-order valence-corrected chi connectivity index (χ4v) is 7.06. The third-order valence-corrected chi connectivity index (χ3v) is 9.42. The van der Waals surface area contributed by atoms with Crippen molar-refractivity contribution in [3.8, 4) is 0 Å². The first-order valence-corrected chi connectivity index (χ1v) is 16.6. The first-order chi connectivity index (χ1) is 21.1. The molecule has 240 valence electrons. The summed E-state index contributed by atoms with van der Waals surface area (Å²) in [5, 5.41) is 5.37. The van der Waals surface area contributed by atoms with Gasteiger partial charge in [-0.1, -0.05) is 13.8 Å². The van der Waals surface area contributed by atoms with E-state index in [0.29, 0.717) is 67.9 Å². The topological polar surface area (TPSA) is 83.1 Å². The molecule has 8 heteroatoms. The molecule has 0 bridgehead atoms. The van der Waals surface area contributed by atoms with E-state index in [0.717, 1.165) is 56.8 Å². The van der Waals surface area contributed by atoms with Crippen molar-refractivity contribution in [3.63, 3.8) is 0 Å². The first-order valence-electron chi connectivity index (χ1n) is 16.6. The number of Topliss-reactive ketones (excluding diaryl/α,β-unsaturated/α-hetero) is 1. The van der Waals surface area contributed by atoms with E-state index in [4.69, 9.17) is 0 Å². The average molecular weight is 611 g/mol. The molecule has 1 saturated heterocycles. The van der Waals surface area contributed by atoms with Crippen molar-refractivity contribution < 1.29 is 28.5 Å². The molecule has 2 amide bonds. The van der Waals surface area contributed by atoms with Gasteiger partial charge in [0.25, 0.3) is 5.91 Å². The molecule has 2 aromatic rings. The number of nitrogens with two attached hydrogens (primary N) is 1. The van der Waals surface area contributed by atoms with Gasteiger partial charge >= 0.3 is 0 Å². The molecule has 2 fully saturated rings. The van der Waals surface area contributed by atoms with Gasteiger partial charge in [0.1, 0.15) is 11.6 Å². The zero-order chi connectivity index (χ0) is 31.7. The van der Waals surface area contributed by atoms with E-state index >= 15 is 0 Å². The van der Waals surface area contributed by atoms with E-state index in [9.17, 15) is 23.2 Å². The van der Waals surface area contributed by atoms with Crippen molar-refractivity contribution in [1.82, 2.24) is 10.2 Å². The molecule has 0 spiro atoms. The SMILES string of the molecule is CCCN(CCC)C(=O)c1cc(C)cc(C(=O)CC2(CCCNC(=O)CCC3CC[NH2+]CC3)CC2c2cc(F)cc(F)c2)c1. The second kappa shape index (κ2) is 15.7. The standard InChI is InChI=1S/C36H49F2N3O3/c1-4-15-41(16-5-2)35(44)29-18-25(3)17-28(19-29)33(42)24-36(23-32(36)27-20-30(37)22-31(38)21-27)11-6-12-40-34(43)8-7-26-9-13-39-14-10-26/h17-22,26,32,39H,4-16,23-24H2,1-3H3,(H,40,43)/p+1. The van der Waals surface area contributed by atoms with Crippen molar-refractivity contribution in [2.45, 2.75) is 90.9 Å². The summed E-state index contributed by atoms with van der Waals surface area (Å²) in [7, 11) is 0. The second-order valence-electron chi connectivity index (χ2n) is 13.1. The van der Waals surface area contributed by atoms with Gasteiger partial charge in [0.05, 0.1) is 13.1 Å². The lowest BCUT2D eigenvalue weighted by Crippen LogP contribution is -2.86. The molecular formula is C36H50F2N3O3+. The van der Waals surface area contributed by atoms with Crippen LogP contribution in [0.15, 0.2) is 36.4 Å². The Morgan fingerprint density at radius 1 is 0.955 bits per heavy atom. The first kappa shape index (κ1) is 33.8. The smallest absolute Gasteiger partial charge is 0.253 e. The number of halogens is 2. The quantitative estimate of drug-likeness (QED) is 0.183. The molecule has 1 saturated carbocycles. The Kier molecular flexibility index (Phi) is 12.1. The van der Waals surface area contributed by atoms with Gasteiger partial charge in [-0.15, -0.1) is 0 Å². The third-order valence-electron chi connectivity index (χ3n) is 9.42. The number of carbonyl (C=O) groups excluding carboxylic acids is 3. The number of ketones is 1. The zero-order valence-corrected chi connectivity index (χ0v) is 26.7. The van der Waals surface area contributed by atoms with E-state index in [2.05, 4.69) is 10.6 Å². The van der Waals surface area contributed by atoms with Gasteiger partial charge in [-0.25, -0.2) is 8.78 Å². The highest BCUT2D eigenvalue weighted by atomic mass is 19.1. The Labute approximate surface area is 261 Å². The van der Waals surface area contributed by atoms with Gasteiger partial charge in [-0.05, 0) is 117 Å². The molecule has 1 aliphatic carbocycles. The highest BCUT2D eigenvalue weighted by Gasteiger charge is 2.55. The van der Waals surface area contributed by atoms with Gasteiger partial charge < -0.3 is 15.5 Å². The number of nitrogens with one attached hydrogen (secondary N) is 1. The Bertz CT molecular complexity index is 1280. The average Bonchev–Trinajstić information content (AvgIpc) is 3.71. The zero-order valence-electron chi connectivity index (χ0n) is 26.7. The van der Waals surface area contributed by atoms with Crippen molar-refractivity contribution in [3.05, 3.63) is 70.3 Å². The predicted octanol–water partition coefficient (Wildman–Crippen LogP) is 5.93. The Balaban J connectivity index is 1.43. The molecule has 1 aliphatic heterocycles. The number of nitrogens with zero attached hydrogens (tertiary/aromatic N) is 1. The van der Waals surface area contributed by atoms with Crippen LogP contribution < -0.4 is 10.6 Å². The Morgan fingerprint density at radius 2 is 1.61 bits per heavy atom. The highest BCUT2D eigenvalue weighted by Crippen LogP contribution is 2.64. The number of hydrogen-bond donors (Lipinski definition) is 2.